The topological polar surface area (TPSA) is 104 Å². The minimum Gasteiger partial charge on any atom is -0.428 e. The van der Waals surface area contributed by atoms with E-state index in [2.05, 4.69) is 0 Å². The molecular formula is C20H26O7S3. The zero-order valence-electron chi connectivity index (χ0n) is 17.6. The number of hydrogen-bond donors (Lipinski definition) is 0. The molecule has 0 radical (unpaired) electrons. The van der Waals surface area contributed by atoms with Crippen LogP contribution < -0.4 is 0 Å². The Kier molecular flexibility index (Phi) is 10.8. The lowest BCUT2D eigenvalue weighted by molar-refractivity contribution is -0.155. The van der Waals surface area contributed by atoms with Crippen molar-refractivity contribution in [3.05, 3.63) is 22.4 Å². The van der Waals surface area contributed by atoms with E-state index in [0.29, 0.717) is 4.88 Å². The molecule has 1 atom stereocenters. The molecule has 0 spiro atoms. The Morgan fingerprint density at radius 3 is 2.33 bits per heavy atom. The van der Waals surface area contributed by atoms with Gasteiger partial charge in [0.15, 0.2) is 0 Å². The second kappa shape index (κ2) is 12.3. The van der Waals surface area contributed by atoms with Crippen LogP contribution in [0.25, 0.3) is 0 Å². The van der Waals surface area contributed by atoms with E-state index in [-0.39, 0.29) is 34.8 Å². The molecule has 0 aliphatic carbocycles. The third-order valence-electron chi connectivity index (χ3n) is 4.00. The minimum atomic E-state index is -1.01. The Labute approximate surface area is 188 Å². The minimum absolute atomic E-state index is 0.0532. The summed E-state index contributed by atoms with van der Waals surface area (Å²) >= 11 is 2.97. The van der Waals surface area contributed by atoms with Gasteiger partial charge in [0.25, 0.3) is 0 Å². The molecule has 7 nitrogen and oxygen atoms in total. The van der Waals surface area contributed by atoms with Gasteiger partial charge in [-0.05, 0) is 44.0 Å². The number of thioether (sulfide) groups is 2. The van der Waals surface area contributed by atoms with Gasteiger partial charge in [0.05, 0.1) is 15.5 Å². The highest BCUT2D eigenvalue weighted by molar-refractivity contribution is 8.16. The second-order valence-corrected chi connectivity index (χ2v) is 10.8. The first-order valence-electron chi connectivity index (χ1n) is 9.20. The summed E-state index contributed by atoms with van der Waals surface area (Å²) in [5, 5.41) is 0.887. The fourth-order valence-corrected chi connectivity index (χ4v) is 4.51. The molecule has 166 valence electrons. The summed E-state index contributed by atoms with van der Waals surface area (Å²) in [7, 11) is 0. The van der Waals surface area contributed by atoms with Crippen molar-refractivity contribution in [1.29, 1.82) is 0 Å². The van der Waals surface area contributed by atoms with E-state index in [1.807, 2.05) is 0 Å². The van der Waals surface area contributed by atoms with Crippen molar-refractivity contribution in [2.45, 2.75) is 45.8 Å². The average Bonchev–Trinajstić information content (AvgIpc) is 3.18. The molecule has 30 heavy (non-hydrogen) atoms. The number of hydrogen-bond acceptors (Lipinski definition) is 10. The van der Waals surface area contributed by atoms with Gasteiger partial charge in [-0.3, -0.25) is 19.2 Å². The van der Waals surface area contributed by atoms with Crippen molar-refractivity contribution in [3.8, 4) is 0 Å². The zero-order valence-corrected chi connectivity index (χ0v) is 20.0. The highest BCUT2D eigenvalue weighted by Gasteiger charge is 2.34. The van der Waals surface area contributed by atoms with Crippen molar-refractivity contribution >= 4 is 62.8 Å². The summed E-state index contributed by atoms with van der Waals surface area (Å²) in [6, 6.07) is 3.46. The number of thiophene rings is 1. The number of carbonyl (C=O) groups excluding carboxylic acids is 5. The van der Waals surface area contributed by atoms with E-state index < -0.39 is 28.7 Å². The molecular weight excluding hydrogens is 448 g/mol. The van der Waals surface area contributed by atoms with Crippen molar-refractivity contribution in [2.75, 3.05) is 12.5 Å². The molecule has 1 aromatic heterocycles. The van der Waals surface area contributed by atoms with Crippen LogP contribution in [0.4, 0.5) is 4.79 Å². The first-order chi connectivity index (χ1) is 13.9. The summed E-state index contributed by atoms with van der Waals surface area (Å²) < 4.78 is 8.54. The normalized spacial score (nSPS) is 12.3. The van der Waals surface area contributed by atoms with Gasteiger partial charge in [-0.15, -0.1) is 11.3 Å². The Hall–Kier alpha value is -1.65. The van der Waals surface area contributed by atoms with E-state index in [1.54, 1.807) is 45.2 Å². The van der Waals surface area contributed by atoms with Gasteiger partial charge >= 0.3 is 11.3 Å². The first kappa shape index (κ1) is 26.4. The van der Waals surface area contributed by atoms with Crippen LogP contribution in [0.5, 0.6) is 0 Å². The van der Waals surface area contributed by atoms with E-state index >= 15 is 0 Å². The molecule has 1 heterocycles. The van der Waals surface area contributed by atoms with Gasteiger partial charge in [0.2, 0.25) is 11.9 Å². The maximum atomic E-state index is 12.7. The molecule has 10 heteroatoms. The van der Waals surface area contributed by atoms with Crippen LogP contribution in [0.3, 0.4) is 0 Å². The number of rotatable bonds is 11. The monoisotopic (exact) mass is 474 g/mol. The molecule has 1 aromatic rings. The van der Waals surface area contributed by atoms with Crippen LogP contribution in [-0.4, -0.2) is 45.2 Å². The standard InChI is InChI=1S/C20H26O7S3/c1-12(2)17(23)26-11-27-19(25)29-10-14(13(3)21)9-16(22)20(4,5)30-18(24)15-7-6-8-28-15/h6-8,12,14H,9-11H2,1-5H3/t14-/m0/s1. The Bertz CT molecular complexity index is 769. The summed E-state index contributed by atoms with van der Waals surface area (Å²) in [5.74, 6) is -1.95. The van der Waals surface area contributed by atoms with E-state index in [1.165, 1.54) is 18.3 Å². The average molecular weight is 475 g/mol. The van der Waals surface area contributed by atoms with Gasteiger partial charge in [-0.2, -0.15) is 0 Å². The van der Waals surface area contributed by atoms with E-state index in [0.717, 1.165) is 23.5 Å². The number of ketones is 2. The number of Topliss-reactive ketones (excluding diaryl/α,β-unsaturated/α-hetero) is 2. The summed E-state index contributed by atoms with van der Waals surface area (Å²) in [6.07, 6.45) is -0.0876. The highest BCUT2D eigenvalue weighted by atomic mass is 32.2. The van der Waals surface area contributed by atoms with Gasteiger partial charge in [-0.1, -0.05) is 31.7 Å². The maximum Gasteiger partial charge on any atom is 0.370 e. The Balaban J connectivity index is 2.54. The predicted octanol–water partition coefficient (Wildman–Crippen LogP) is 4.59. The van der Waals surface area contributed by atoms with Crippen molar-refractivity contribution in [3.63, 3.8) is 0 Å². The van der Waals surface area contributed by atoms with Gasteiger partial charge in [-0.25, -0.2) is 4.79 Å². The van der Waals surface area contributed by atoms with E-state index in [9.17, 15) is 24.0 Å². The molecule has 0 amide bonds. The molecule has 0 fully saturated rings. The van der Waals surface area contributed by atoms with Crippen LogP contribution in [0.15, 0.2) is 17.5 Å². The van der Waals surface area contributed by atoms with Crippen molar-refractivity contribution < 1.29 is 33.4 Å². The zero-order chi connectivity index (χ0) is 22.9. The molecule has 1 rings (SSSR count). The number of carbonyl (C=O) groups is 5. The molecule has 0 unspecified atom stereocenters. The molecule has 0 saturated heterocycles. The predicted molar refractivity (Wildman–Crippen MR) is 119 cm³/mol. The summed E-state index contributed by atoms with van der Waals surface area (Å²) in [5.41, 5.74) is 0. The Morgan fingerprint density at radius 2 is 1.80 bits per heavy atom. The lowest BCUT2D eigenvalue weighted by atomic mass is 9.94. The van der Waals surface area contributed by atoms with Crippen LogP contribution in [0.2, 0.25) is 0 Å². The molecule has 0 aliphatic rings. The summed E-state index contributed by atoms with van der Waals surface area (Å²) in [6.45, 7) is 7.45. The van der Waals surface area contributed by atoms with Crippen LogP contribution >= 0.6 is 34.9 Å². The third kappa shape index (κ3) is 9.01. The second-order valence-electron chi connectivity index (χ2n) is 7.25. The molecule has 0 aromatic carbocycles. The number of esters is 1. The van der Waals surface area contributed by atoms with Gasteiger partial charge < -0.3 is 9.47 Å². The highest BCUT2D eigenvalue weighted by Crippen LogP contribution is 2.33. The first-order valence-corrected chi connectivity index (χ1v) is 11.9. The molecule has 0 aliphatic heterocycles. The SMILES string of the molecule is CC(=O)[C@H](CSC(=O)OCOC(=O)C(C)C)CC(=O)C(C)(C)SC(=O)c1cccs1. The molecule has 0 N–H and O–H groups in total. The smallest absolute Gasteiger partial charge is 0.370 e. The van der Waals surface area contributed by atoms with Crippen LogP contribution in [-0.2, 0) is 23.9 Å². The number of ether oxygens (including phenoxy) is 2. The Morgan fingerprint density at radius 1 is 1.13 bits per heavy atom. The molecule has 0 saturated carbocycles. The lowest BCUT2D eigenvalue weighted by Crippen LogP contribution is -2.33. The van der Waals surface area contributed by atoms with E-state index in [4.69, 9.17) is 9.47 Å². The van der Waals surface area contributed by atoms with Gasteiger partial charge in [0.1, 0.15) is 11.6 Å². The van der Waals surface area contributed by atoms with Gasteiger partial charge in [0, 0.05) is 18.1 Å². The third-order valence-corrected chi connectivity index (χ3v) is 7.06. The maximum absolute atomic E-state index is 12.7. The molecule has 0 bridgehead atoms. The van der Waals surface area contributed by atoms with Crippen molar-refractivity contribution in [2.24, 2.45) is 11.8 Å². The fraction of sp³-hybridized carbons (Fsp3) is 0.550. The largest absolute Gasteiger partial charge is 0.428 e. The van der Waals surface area contributed by atoms with Crippen LogP contribution in [0.1, 0.15) is 50.7 Å². The van der Waals surface area contributed by atoms with Crippen molar-refractivity contribution in [1.82, 2.24) is 0 Å². The lowest BCUT2D eigenvalue weighted by Gasteiger charge is -2.23. The fourth-order valence-electron chi connectivity index (χ4n) is 2.04. The van der Waals surface area contributed by atoms with Crippen LogP contribution in [0, 0.1) is 11.8 Å². The summed E-state index contributed by atoms with van der Waals surface area (Å²) in [4.78, 5) is 60.6. The quantitative estimate of drug-likeness (QED) is 0.336.